The Morgan fingerprint density at radius 3 is 2.53 bits per heavy atom. The predicted octanol–water partition coefficient (Wildman–Crippen LogP) is 3.65. The summed E-state index contributed by atoms with van der Waals surface area (Å²) in [6.45, 7) is 1.86. The number of hydrogen-bond donors (Lipinski definition) is 2. The van der Waals surface area contributed by atoms with E-state index in [1.54, 1.807) is 0 Å². The second kappa shape index (κ2) is 8.97. The van der Waals surface area contributed by atoms with E-state index in [-0.39, 0.29) is 35.3 Å². The largest absolute Gasteiger partial charge is 0.392 e. The standard InChI is InChI=1S/C20H21ClF2N2O4S/c1-12-2-5-15(26)11-25(10-12)30(28,29)19-8-13(3-6-18(19)23)20(27)24-14-4-7-17(22)16(21)9-14/h3-4,6-9,12,15,26H,2,5,10-11H2,1H3,(H,24,27)/t12-,15-/m1/s1. The molecule has 0 spiro atoms. The van der Waals surface area contributed by atoms with Gasteiger partial charge < -0.3 is 10.4 Å². The normalized spacial score (nSPS) is 20.6. The van der Waals surface area contributed by atoms with Crippen LogP contribution < -0.4 is 5.32 Å². The zero-order valence-electron chi connectivity index (χ0n) is 16.1. The highest BCUT2D eigenvalue weighted by molar-refractivity contribution is 7.89. The molecule has 2 atom stereocenters. The third-order valence-electron chi connectivity index (χ3n) is 4.91. The van der Waals surface area contributed by atoms with Crippen LogP contribution in [0.2, 0.25) is 5.02 Å². The molecule has 0 unspecified atom stereocenters. The fraction of sp³-hybridized carbons (Fsp3) is 0.350. The third kappa shape index (κ3) is 4.97. The van der Waals surface area contributed by atoms with E-state index in [2.05, 4.69) is 5.32 Å². The Morgan fingerprint density at radius 2 is 1.83 bits per heavy atom. The van der Waals surface area contributed by atoms with E-state index in [0.29, 0.717) is 12.8 Å². The van der Waals surface area contributed by atoms with Gasteiger partial charge in [-0.15, -0.1) is 0 Å². The number of halogens is 3. The van der Waals surface area contributed by atoms with E-state index >= 15 is 0 Å². The number of benzene rings is 2. The Bertz CT molecular complexity index is 1050. The summed E-state index contributed by atoms with van der Waals surface area (Å²) < 4.78 is 54.9. The lowest BCUT2D eigenvalue weighted by atomic mass is 10.1. The second-order valence-corrected chi connectivity index (χ2v) is 9.70. The van der Waals surface area contributed by atoms with E-state index in [4.69, 9.17) is 11.6 Å². The first-order chi connectivity index (χ1) is 14.1. The molecule has 0 aliphatic carbocycles. The molecule has 1 saturated heterocycles. The monoisotopic (exact) mass is 458 g/mol. The van der Waals surface area contributed by atoms with Gasteiger partial charge in [-0.05, 0) is 55.2 Å². The maximum Gasteiger partial charge on any atom is 0.255 e. The van der Waals surface area contributed by atoms with Crippen molar-refractivity contribution in [1.29, 1.82) is 0 Å². The molecular formula is C20H21ClF2N2O4S. The van der Waals surface area contributed by atoms with Crippen LogP contribution >= 0.6 is 11.6 Å². The van der Waals surface area contributed by atoms with Crippen LogP contribution in [0.25, 0.3) is 0 Å². The zero-order chi connectivity index (χ0) is 22.1. The molecule has 3 rings (SSSR count). The molecule has 1 aliphatic heterocycles. The number of aliphatic hydroxyl groups is 1. The molecule has 2 aromatic rings. The molecule has 30 heavy (non-hydrogen) atoms. The van der Waals surface area contributed by atoms with Crippen molar-refractivity contribution in [2.24, 2.45) is 5.92 Å². The van der Waals surface area contributed by atoms with E-state index in [1.165, 1.54) is 12.1 Å². The summed E-state index contributed by atoms with van der Waals surface area (Å²) in [7, 11) is -4.28. The highest BCUT2D eigenvalue weighted by atomic mass is 35.5. The maximum atomic E-state index is 14.4. The number of carbonyl (C=O) groups excluding carboxylic acids is 1. The summed E-state index contributed by atoms with van der Waals surface area (Å²) in [6, 6.07) is 6.57. The molecular weight excluding hydrogens is 438 g/mol. The van der Waals surface area contributed by atoms with Gasteiger partial charge in [0.25, 0.3) is 5.91 Å². The molecule has 0 aromatic heterocycles. The first-order valence-corrected chi connectivity index (χ1v) is 11.1. The number of sulfonamides is 1. The summed E-state index contributed by atoms with van der Waals surface area (Å²) >= 11 is 5.69. The van der Waals surface area contributed by atoms with Gasteiger partial charge in [0.15, 0.2) is 0 Å². The lowest BCUT2D eigenvalue weighted by Crippen LogP contribution is -2.38. The molecule has 1 heterocycles. The molecule has 0 radical (unpaired) electrons. The van der Waals surface area contributed by atoms with Crippen LogP contribution in [0.4, 0.5) is 14.5 Å². The van der Waals surface area contributed by atoms with Crippen molar-refractivity contribution in [3.05, 3.63) is 58.6 Å². The van der Waals surface area contributed by atoms with Gasteiger partial charge in [-0.3, -0.25) is 4.79 Å². The Balaban J connectivity index is 1.90. The minimum absolute atomic E-state index is 0.00491. The molecule has 1 aliphatic rings. The molecule has 6 nitrogen and oxygen atoms in total. The van der Waals surface area contributed by atoms with Gasteiger partial charge in [0.1, 0.15) is 16.5 Å². The van der Waals surface area contributed by atoms with Gasteiger partial charge in [-0.1, -0.05) is 18.5 Å². The van der Waals surface area contributed by atoms with Gasteiger partial charge >= 0.3 is 0 Å². The fourth-order valence-electron chi connectivity index (χ4n) is 3.27. The van der Waals surface area contributed by atoms with Crippen molar-refractivity contribution in [3.8, 4) is 0 Å². The van der Waals surface area contributed by atoms with Crippen molar-refractivity contribution in [1.82, 2.24) is 4.31 Å². The SMILES string of the molecule is C[C@@H]1CC[C@@H](O)CN(S(=O)(=O)c2cc(C(=O)Nc3ccc(F)c(Cl)c3)ccc2F)C1. The smallest absolute Gasteiger partial charge is 0.255 e. The Kier molecular flexibility index (Phi) is 6.76. The molecule has 0 bridgehead atoms. The van der Waals surface area contributed by atoms with Crippen LogP contribution in [0.15, 0.2) is 41.3 Å². The van der Waals surface area contributed by atoms with Gasteiger partial charge in [-0.2, -0.15) is 4.31 Å². The van der Waals surface area contributed by atoms with Crippen LogP contribution in [0, 0.1) is 17.6 Å². The zero-order valence-corrected chi connectivity index (χ0v) is 17.7. The number of β-amino-alcohol motifs (C(OH)–C–C–N with tert-alkyl or cyclic N) is 1. The lowest BCUT2D eigenvalue weighted by molar-refractivity contribution is 0.102. The number of rotatable bonds is 4. The summed E-state index contributed by atoms with van der Waals surface area (Å²) in [4.78, 5) is 11.9. The molecule has 162 valence electrons. The van der Waals surface area contributed by atoms with Crippen molar-refractivity contribution in [3.63, 3.8) is 0 Å². The van der Waals surface area contributed by atoms with Crippen LogP contribution in [0.3, 0.4) is 0 Å². The van der Waals surface area contributed by atoms with E-state index in [1.807, 2.05) is 6.92 Å². The number of nitrogens with one attached hydrogen (secondary N) is 1. The van der Waals surface area contributed by atoms with Gasteiger partial charge in [-0.25, -0.2) is 17.2 Å². The van der Waals surface area contributed by atoms with Gasteiger partial charge in [0.2, 0.25) is 10.0 Å². The lowest BCUT2D eigenvalue weighted by Gasteiger charge is -2.23. The van der Waals surface area contributed by atoms with E-state index in [9.17, 15) is 27.1 Å². The quantitative estimate of drug-likeness (QED) is 0.732. The minimum Gasteiger partial charge on any atom is -0.392 e. The number of aliphatic hydroxyl groups excluding tert-OH is 1. The van der Waals surface area contributed by atoms with Crippen LogP contribution in [-0.2, 0) is 10.0 Å². The van der Waals surface area contributed by atoms with Crippen LogP contribution in [0.1, 0.15) is 30.1 Å². The van der Waals surface area contributed by atoms with Gasteiger partial charge in [0.05, 0.1) is 11.1 Å². The summed E-state index contributed by atoms with van der Waals surface area (Å²) in [6.07, 6.45) is 0.263. The highest BCUT2D eigenvalue weighted by Gasteiger charge is 2.33. The maximum absolute atomic E-state index is 14.4. The second-order valence-electron chi connectivity index (χ2n) is 7.39. The van der Waals surface area contributed by atoms with Crippen molar-refractivity contribution < 1.29 is 27.1 Å². The molecule has 1 amide bonds. The molecule has 2 aromatic carbocycles. The molecule has 2 N–H and O–H groups in total. The summed E-state index contributed by atoms with van der Waals surface area (Å²) in [5.41, 5.74) is 0.100. The number of hydrogen-bond acceptors (Lipinski definition) is 4. The Morgan fingerprint density at radius 1 is 1.13 bits per heavy atom. The number of carbonyl (C=O) groups is 1. The Hall–Kier alpha value is -2.07. The van der Waals surface area contributed by atoms with Crippen molar-refractivity contribution in [2.45, 2.75) is 30.8 Å². The third-order valence-corrected chi connectivity index (χ3v) is 7.05. The summed E-state index contributed by atoms with van der Waals surface area (Å²) in [5.74, 6) is -2.37. The predicted molar refractivity (Wildman–Crippen MR) is 109 cm³/mol. The van der Waals surface area contributed by atoms with Crippen LogP contribution in [-0.4, -0.2) is 42.9 Å². The first-order valence-electron chi connectivity index (χ1n) is 9.32. The van der Waals surface area contributed by atoms with Crippen LogP contribution in [0.5, 0.6) is 0 Å². The number of nitrogens with zero attached hydrogens (tertiary/aromatic N) is 1. The molecule has 0 saturated carbocycles. The van der Waals surface area contributed by atoms with Crippen molar-refractivity contribution >= 4 is 33.2 Å². The first kappa shape index (κ1) is 22.6. The topological polar surface area (TPSA) is 86.7 Å². The minimum atomic E-state index is -4.28. The number of amides is 1. The fourth-order valence-corrected chi connectivity index (χ4v) is 5.14. The molecule has 1 fully saturated rings. The molecule has 10 heteroatoms. The average molecular weight is 459 g/mol. The van der Waals surface area contributed by atoms with Crippen molar-refractivity contribution in [2.75, 3.05) is 18.4 Å². The van der Waals surface area contributed by atoms with Gasteiger partial charge in [0, 0.05) is 24.3 Å². The average Bonchev–Trinajstić information content (AvgIpc) is 2.86. The van der Waals surface area contributed by atoms with E-state index in [0.717, 1.165) is 28.6 Å². The number of anilines is 1. The van der Waals surface area contributed by atoms with E-state index < -0.39 is 38.6 Å². The highest BCUT2D eigenvalue weighted by Crippen LogP contribution is 2.26. The Labute approximate surface area is 178 Å². The summed E-state index contributed by atoms with van der Waals surface area (Å²) in [5, 5.41) is 12.3.